The summed E-state index contributed by atoms with van der Waals surface area (Å²) >= 11 is 0. The van der Waals surface area contributed by atoms with Gasteiger partial charge in [0.15, 0.2) is 12.3 Å². The van der Waals surface area contributed by atoms with Crippen LogP contribution in [-0.4, -0.2) is 47.5 Å². The number of benzene rings is 1. The number of hydrogen-bond acceptors (Lipinski definition) is 6. The molecule has 144 valence electrons. The fraction of sp³-hybridized carbons (Fsp3) is 0.412. The third-order valence-electron chi connectivity index (χ3n) is 4.35. The first-order chi connectivity index (χ1) is 12.9. The van der Waals surface area contributed by atoms with E-state index < -0.39 is 6.36 Å². The number of fused-ring (bicyclic) bond motifs is 2. The fourth-order valence-electron chi connectivity index (χ4n) is 3.15. The van der Waals surface area contributed by atoms with E-state index >= 15 is 0 Å². The van der Waals surface area contributed by atoms with Gasteiger partial charge in [0, 0.05) is 6.54 Å². The molecule has 0 saturated carbocycles. The Labute approximate surface area is 151 Å². The average molecular weight is 384 g/mol. The third kappa shape index (κ3) is 4.00. The summed E-state index contributed by atoms with van der Waals surface area (Å²) in [5.74, 6) is -0.0589. The van der Waals surface area contributed by atoms with Crippen molar-refractivity contribution in [3.8, 4) is 11.5 Å². The molecule has 2 aromatic rings. The van der Waals surface area contributed by atoms with Crippen LogP contribution in [0.25, 0.3) is 0 Å². The standard InChI is InChI=1S/C17H15F3N2O5/c18-17(19,20)27-12-3-1-11(2-4-12)25-9-15-21-14(8-26-15)16(23)22-6-13-5-10(22)7-24-13/h1-4,8,10,13H,5-7,9H2. The average Bonchev–Trinajstić information content (AvgIpc) is 3.36. The molecule has 2 aliphatic rings. The summed E-state index contributed by atoms with van der Waals surface area (Å²) in [5, 5.41) is 0. The number of oxazole rings is 1. The van der Waals surface area contributed by atoms with Crippen LogP contribution in [0.5, 0.6) is 11.5 Å². The zero-order valence-electron chi connectivity index (χ0n) is 13.9. The van der Waals surface area contributed by atoms with Gasteiger partial charge in [-0.1, -0.05) is 0 Å². The lowest BCUT2D eigenvalue weighted by molar-refractivity contribution is -0.274. The van der Waals surface area contributed by atoms with Crippen molar-refractivity contribution in [2.45, 2.75) is 31.5 Å². The molecule has 2 unspecified atom stereocenters. The summed E-state index contributed by atoms with van der Waals surface area (Å²) in [7, 11) is 0. The van der Waals surface area contributed by atoms with E-state index in [2.05, 4.69) is 9.72 Å². The molecule has 10 heteroatoms. The Kier molecular flexibility index (Phi) is 4.42. The van der Waals surface area contributed by atoms with Crippen LogP contribution >= 0.6 is 0 Å². The van der Waals surface area contributed by atoms with Crippen LogP contribution in [0.1, 0.15) is 22.8 Å². The minimum atomic E-state index is -4.75. The van der Waals surface area contributed by atoms with E-state index in [-0.39, 0.29) is 42.0 Å². The quantitative estimate of drug-likeness (QED) is 0.789. The maximum Gasteiger partial charge on any atom is 0.573 e. The Balaban J connectivity index is 1.32. The van der Waals surface area contributed by atoms with Crippen LogP contribution in [0.2, 0.25) is 0 Å². The van der Waals surface area contributed by atoms with Gasteiger partial charge in [-0.15, -0.1) is 13.2 Å². The number of carbonyl (C=O) groups excluding carboxylic acids is 1. The summed E-state index contributed by atoms with van der Waals surface area (Å²) in [4.78, 5) is 18.3. The summed E-state index contributed by atoms with van der Waals surface area (Å²) < 4.78 is 56.3. The van der Waals surface area contributed by atoms with E-state index in [0.29, 0.717) is 18.9 Å². The van der Waals surface area contributed by atoms with Crippen LogP contribution in [-0.2, 0) is 11.3 Å². The van der Waals surface area contributed by atoms with Crippen molar-refractivity contribution >= 4 is 5.91 Å². The predicted molar refractivity (Wildman–Crippen MR) is 83.1 cm³/mol. The predicted octanol–water partition coefficient (Wildman–Crippen LogP) is 2.77. The highest BCUT2D eigenvalue weighted by Crippen LogP contribution is 2.29. The molecule has 0 N–H and O–H groups in total. The molecule has 7 nitrogen and oxygen atoms in total. The highest BCUT2D eigenvalue weighted by atomic mass is 19.4. The van der Waals surface area contributed by atoms with Crippen molar-refractivity contribution in [3.05, 3.63) is 42.1 Å². The molecule has 4 rings (SSSR count). The van der Waals surface area contributed by atoms with Crippen molar-refractivity contribution in [2.24, 2.45) is 0 Å². The molecule has 0 radical (unpaired) electrons. The normalized spacial score (nSPS) is 21.5. The van der Waals surface area contributed by atoms with Crippen molar-refractivity contribution in [3.63, 3.8) is 0 Å². The van der Waals surface area contributed by atoms with Crippen molar-refractivity contribution in [1.82, 2.24) is 9.88 Å². The number of hydrogen-bond donors (Lipinski definition) is 0. The summed E-state index contributed by atoms with van der Waals surface area (Å²) in [6, 6.07) is 5.01. The molecule has 27 heavy (non-hydrogen) atoms. The van der Waals surface area contributed by atoms with E-state index in [1.807, 2.05) is 0 Å². The van der Waals surface area contributed by atoms with Crippen LogP contribution < -0.4 is 9.47 Å². The molecular weight excluding hydrogens is 369 g/mol. The largest absolute Gasteiger partial charge is 0.573 e. The SMILES string of the molecule is O=C(c1coc(COc2ccc(OC(F)(F)F)cc2)n1)N1CC2CC1CO2. The smallest absolute Gasteiger partial charge is 0.484 e. The van der Waals surface area contributed by atoms with Gasteiger partial charge in [-0.2, -0.15) is 0 Å². The van der Waals surface area contributed by atoms with Gasteiger partial charge in [-0.25, -0.2) is 4.98 Å². The molecule has 0 spiro atoms. The zero-order valence-corrected chi connectivity index (χ0v) is 13.9. The number of morpholine rings is 1. The third-order valence-corrected chi connectivity index (χ3v) is 4.35. The maximum atomic E-state index is 12.5. The number of amides is 1. The first-order valence-corrected chi connectivity index (χ1v) is 8.23. The molecule has 2 aliphatic heterocycles. The van der Waals surface area contributed by atoms with Crippen molar-refractivity contribution in [2.75, 3.05) is 13.2 Å². The molecule has 2 fully saturated rings. The number of likely N-dealkylation sites (tertiary alicyclic amines) is 1. The van der Waals surface area contributed by atoms with Gasteiger partial charge < -0.3 is 23.5 Å². The van der Waals surface area contributed by atoms with Crippen molar-refractivity contribution < 1.29 is 36.6 Å². The number of aromatic nitrogens is 1. The summed E-state index contributed by atoms with van der Waals surface area (Å²) in [6.45, 7) is 1.02. The first-order valence-electron chi connectivity index (χ1n) is 8.23. The van der Waals surface area contributed by atoms with E-state index in [1.54, 1.807) is 4.90 Å². The van der Waals surface area contributed by atoms with Gasteiger partial charge >= 0.3 is 6.36 Å². The molecule has 0 aliphatic carbocycles. The van der Waals surface area contributed by atoms with Crippen LogP contribution in [0, 0.1) is 0 Å². The lowest BCUT2D eigenvalue weighted by atomic mass is 10.2. The Bertz CT molecular complexity index is 821. The van der Waals surface area contributed by atoms with E-state index in [4.69, 9.17) is 13.9 Å². The summed E-state index contributed by atoms with van der Waals surface area (Å²) in [5.41, 5.74) is 0.190. The van der Waals surface area contributed by atoms with Gasteiger partial charge in [0.1, 0.15) is 17.8 Å². The van der Waals surface area contributed by atoms with Crippen molar-refractivity contribution in [1.29, 1.82) is 0 Å². The minimum absolute atomic E-state index is 0.0675. The number of alkyl halides is 3. The number of ether oxygens (including phenoxy) is 3. The second-order valence-corrected chi connectivity index (χ2v) is 6.24. The van der Waals surface area contributed by atoms with E-state index in [1.165, 1.54) is 18.4 Å². The molecule has 3 heterocycles. The van der Waals surface area contributed by atoms with Gasteiger partial charge in [0.05, 0.1) is 18.8 Å². The minimum Gasteiger partial charge on any atom is -0.484 e. The van der Waals surface area contributed by atoms with E-state index in [0.717, 1.165) is 18.6 Å². The fourth-order valence-corrected chi connectivity index (χ4v) is 3.15. The molecule has 2 bridgehead atoms. The maximum absolute atomic E-state index is 12.5. The Hall–Kier alpha value is -2.75. The summed E-state index contributed by atoms with van der Waals surface area (Å²) in [6.07, 6.45) is -2.54. The lowest BCUT2D eigenvalue weighted by Crippen LogP contribution is -2.41. The number of halogens is 3. The van der Waals surface area contributed by atoms with E-state index in [9.17, 15) is 18.0 Å². The van der Waals surface area contributed by atoms with Crippen LogP contribution in [0.4, 0.5) is 13.2 Å². The lowest BCUT2D eigenvalue weighted by Gasteiger charge is -2.25. The Morgan fingerprint density at radius 3 is 2.63 bits per heavy atom. The molecule has 1 aromatic carbocycles. The molecular formula is C17H15F3N2O5. The number of rotatable bonds is 5. The molecule has 1 amide bonds. The molecule has 2 saturated heterocycles. The first kappa shape index (κ1) is 17.7. The topological polar surface area (TPSA) is 74.0 Å². The van der Waals surface area contributed by atoms with Gasteiger partial charge in [-0.3, -0.25) is 4.79 Å². The highest BCUT2D eigenvalue weighted by molar-refractivity contribution is 5.92. The van der Waals surface area contributed by atoms with Gasteiger partial charge in [-0.05, 0) is 30.7 Å². The van der Waals surface area contributed by atoms with Crippen LogP contribution in [0.15, 0.2) is 34.9 Å². The molecule has 2 atom stereocenters. The second kappa shape index (κ2) is 6.76. The van der Waals surface area contributed by atoms with Gasteiger partial charge in [0.2, 0.25) is 5.89 Å². The highest BCUT2D eigenvalue weighted by Gasteiger charge is 2.42. The monoisotopic (exact) mass is 384 g/mol. The van der Waals surface area contributed by atoms with Crippen LogP contribution in [0.3, 0.4) is 0 Å². The zero-order chi connectivity index (χ0) is 19.0. The number of nitrogens with zero attached hydrogens (tertiary/aromatic N) is 2. The Morgan fingerprint density at radius 1 is 1.26 bits per heavy atom. The Morgan fingerprint density at radius 2 is 2.00 bits per heavy atom. The molecule has 1 aromatic heterocycles. The van der Waals surface area contributed by atoms with Gasteiger partial charge in [0.25, 0.3) is 5.91 Å². The second-order valence-electron chi connectivity index (χ2n) is 6.24. The number of carbonyl (C=O) groups is 1.